The molecule has 0 rings (SSSR count). The number of nitrogens with zero attached hydrogens (tertiary/aromatic N) is 1. The highest BCUT2D eigenvalue weighted by atomic mass is 32.2. The molecular weight excluding hydrogens is 272 g/mol. The molecule has 0 aliphatic heterocycles. The topological polar surface area (TPSA) is 104 Å². The Hall–Kier alpha value is -1.15. The van der Waals surface area contributed by atoms with Crippen LogP contribution in [-0.4, -0.2) is 55.1 Å². The van der Waals surface area contributed by atoms with Crippen molar-refractivity contribution in [3.8, 4) is 0 Å². The summed E-state index contributed by atoms with van der Waals surface area (Å²) in [5, 5.41) is 11.1. The smallest absolute Gasteiger partial charge is 0.304 e. The van der Waals surface area contributed by atoms with Crippen molar-refractivity contribution in [3.63, 3.8) is 0 Å². The zero-order valence-electron chi connectivity index (χ0n) is 11.4. The van der Waals surface area contributed by atoms with Gasteiger partial charge in [0, 0.05) is 13.1 Å². The molecule has 0 bridgehead atoms. The number of rotatable bonds is 10. The van der Waals surface area contributed by atoms with Crippen molar-refractivity contribution in [2.24, 2.45) is 0 Å². The fourth-order valence-corrected chi connectivity index (χ4v) is 2.86. The van der Waals surface area contributed by atoms with Crippen LogP contribution in [-0.2, 0) is 19.6 Å². The van der Waals surface area contributed by atoms with Gasteiger partial charge in [-0.1, -0.05) is 13.8 Å². The second kappa shape index (κ2) is 8.87. The van der Waals surface area contributed by atoms with Gasteiger partial charge in [0.05, 0.1) is 18.7 Å². The summed E-state index contributed by atoms with van der Waals surface area (Å²) in [6, 6.07) is 0. The Morgan fingerprint density at radius 3 is 2.32 bits per heavy atom. The van der Waals surface area contributed by atoms with E-state index < -0.39 is 28.2 Å². The van der Waals surface area contributed by atoms with Gasteiger partial charge < -0.3 is 10.4 Å². The second-order valence-corrected chi connectivity index (χ2v) is 6.23. The summed E-state index contributed by atoms with van der Waals surface area (Å²) in [7, 11) is -3.71. The molecule has 19 heavy (non-hydrogen) atoms. The average molecular weight is 294 g/mol. The number of nitrogens with one attached hydrogen (secondary N) is 1. The van der Waals surface area contributed by atoms with E-state index in [9.17, 15) is 18.0 Å². The molecule has 0 fully saturated rings. The lowest BCUT2D eigenvalue weighted by Crippen LogP contribution is -2.42. The molecule has 0 aliphatic carbocycles. The number of carboxylic acid groups (broad SMARTS) is 1. The van der Waals surface area contributed by atoms with E-state index in [0.29, 0.717) is 13.0 Å². The maximum absolute atomic E-state index is 11.9. The van der Waals surface area contributed by atoms with Crippen LogP contribution >= 0.6 is 0 Å². The first-order valence-electron chi connectivity index (χ1n) is 6.29. The maximum atomic E-state index is 11.9. The van der Waals surface area contributed by atoms with Gasteiger partial charge in [0.25, 0.3) is 0 Å². The lowest BCUT2D eigenvalue weighted by atomic mass is 10.4. The van der Waals surface area contributed by atoms with Crippen molar-refractivity contribution in [3.05, 3.63) is 0 Å². The van der Waals surface area contributed by atoms with Crippen molar-refractivity contribution in [2.75, 3.05) is 25.4 Å². The molecule has 1 amide bonds. The van der Waals surface area contributed by atoms with Crippen molar-refractivity contribution in [1.29, 1.82) is 0 Å². The number of carboxylic acids is 1. The molecule has 0 saturated heterocycles. The Morgan fingerprint density at radius 2 is 1.84 bits per heavy atom. The van der Waals surface area contributed by atoms with Gasteiger partial charge in [0.15, 0.2) is 0 Å². The summed E-state index contributed by atoms with van der Waals surface area (Å²) in [6.07, 6.45) is 0.873. The van der Waals surface area contributed by atoms with Crippen molar-refractivity contribution < 1.29 is 23.1 Å². The van der Waals surface area contributed by atoms with Crippen LogP contribution in [0.2, 0.25) is 0 Å². The van der Waals surface area contributed by atoms with Crippen LogP contribution in [0.15, 0.2) is 0 Å². The molecule has 0 unspecified atom stereocenters. The SMILES string of the molecule is CCCNC(=O)CN(CCC)S(=O)(=O)CCC(=O)O. The number of carbonyl (C=O) groups is 2. The number of hydrogen-bond donors (Lipinski definition) is 2. The lowest BCUT2D eigenvalue weighted by Gasteiger charge is -2.20. The van der Waals surface area contributed by atoms with Crippen molar-refractivity contribution >= 4 is 21.9 Å². The van der Waals surface area contributed by atoms with E-state index in [4.69, 9.17) is 5.11 Å². The number of hydrogen-bond acceptors (Lipinski definition) is 4. The third-order valence-corrected chi connectivity index (χ3v) is 4.15. The van der Waals surface area contributed by atoms with Gasteiger partial charge >= 0.3 is 5.97 Å². The number of aliphatic carboxylic acids is 1. The summed E-state index contributed by atoms with van der Waals surface area (Å²) in [5.41, 5.74) is 0. The van der Waals surface area contributed by atoms with Crippen molar-refractivity contribution in [2.45, 2.75) is 33.1 Å². The van der Waals surface area contributed by atoms with E-state index >= 15 is 0 Å². The van der Waals surface area contributed by atoms with Crippen LogP contribution < -0.4 is 5.32 Å². The normalized spacial score (nSPS) is 11.5. The highest BCUT2D eigenvalue weighted by molar-refractivity contribution is 7.89. The van der Waals surface area contributed by atoms with Crippen LogP contribution in [0.3, 0.4) is 0 Å². The zero-order valence-corrected chi connectivity index (χ0v) is 12.2. The van der Waals surface area contributed by atoms with Gasteiger partial charge in [-0.3, -0.25) is 9.59 Å². The molecule has 2 N–H and O–H groups in total. The molecule has 112 valence electrons. The molecular formula is C11H22N2O5S. The standard InChI is InChI=1S/C11H22N2O5S/c1-3-6-12-10(14)9-13(7-4-2)19(17,18)8-5-11(15)16/h3-9H2,1-2H3,(H,12,14)(H,15,16). The van der Waals surface area contributed by atoms with E-state index in [1.807, 2.05) is 6.92 Å². The minimum Gasteiger partial charge on any atom is -0.481 e. The first-order valence-corrected chi connectivity index (χ1v) is 7.90. The van der Waals surface area contributed by atoms with Crippen LogP contribution in [0.4, 0.5) is 0 Å². The summed E-state index contributed by atoms with van der Waals surface area (Å²) >= 11 is 0. The van der Waals surface area contributed by atoms with Crippen LogP contribution in [0, 0.1) is 0 Å². The minimum atomic E-state index is -3.71. The molecule has 0 aromatic carbocycles. The molecule has 0 heterocycles. The monoisotopic (exact) mass is 294 g/mol. The number of carbonyl (C=O) groups excluding carboxylic acids is 1. The third kappa shape index (κ3) is 7.78. The average Bonchev–Trinajstić information content (AvgIpc) is 2.33. The largest absolute Gasteiger partial charge is 0.481 e. The van der Waals surface area contributed by atoms with Gasteiger partial charge in [0.2, 0.25) is 15.9 Å². The lowest BCUT2D eigenvalue weighted by molar-refractivity contribution is -0.136. The first-order chi connectivity index (χ1) is 8.83. The van der Waals surface area contributed by atoms with Crippen LogP contribution in [0.25, 0.3) is 0 Å². The van der Waals surface area contributed by atoms with Gasteiger partial charge in [0.1, 0.15) is 0 Å². The third-order valence-electron chi connectivity index (χ3n) is 2.33. The predicted molar refractivity (Wildman–Crippen MR) is 71.2 cm³/mol. The quantitative estimate of drug-likeness (QED) is 0.591. The molecule has 8 heteroatoms. The fourth-order valence-electron chi connectivity index (χ4n) is 1.39. The Kier molecular flexibility index (Phi) is 8.33. The second-order valence-electron chi connectivity index (χ2n) is 4.14. The van der Waals surface area contributed by atoms with E-state index in [-0.39, 0.29) is 19.0 Å². The zero-order chi connectivity index (χ0) is 14.9. The first kappa shape index (κ1) is 17.8. The number of sulfonamides is 1. The molecule has 0 saturated carbocycles. The molecule has 7 nitrogen and oxygen atoms in total. The number of amides is 1. The van der Waals surface area contributed by atoms with E-state index in [2.05, 4.69) is 5.32 Å². The van der Waals surface area contributed by atoms with Gasteiger partial charge in [-0.15, -0.1) is 0 Å². The molecule has 0 aliphatic rings. The highest BCUT2D eigenvalue weighted by Crippen LogP contribution is 2.05. The molecule has 0 radical (unpaired) electrons. The summed E-state index contributed by atoms with van der Waals surface area (Å²) in [6.45, 7) is 4.14. The Labute approximate surface area is 114 Å². The Balaban J connectivity index is 4.60. The summed E-state index contributed by atoms with van der Waals surface area (Å²) < 4.78 is 24.9. The van der Waals surface area contributed by atoms with Gasteiger partial charge in [-0.25, -0.2) is 8.42 Å². The fraction of sp³-hybridized carbons (Fsp3) is 0.818. The maximum Gasteiger partial charge on any atom is 0.304 e. The van der Waals surface area contributed by atoms with Crippen molar-refractivity contribution in [1.82, 2.24) is 9.62 Å². The predicted octanol–water partition coefficient (Wildman–Crippen LogP) is 0.0291. The minimum absolute atomic E-state index is 0.210. The van der Waals surface area contributed by atoms with Gasteiger partial charge in [-0.05, 0) is 12.8 Å². The summed E-state index contributed by atoms with van der Waals surface area (Å²) in [5.74, 6) is -2.02. The summed E-state index contributed by atoms with van der Waals surface area (Å²) in [4.78, 5) is 22.0. The Bertz CT molecular complexity index is 394. The van der Waals surface area contributed by atoms with Crippen LogP contribution in [0.1, 0.15) is 33.1 Å². The van der Waals surface area contributed by atoms with Crippen LogP contribution in [0.5, 0.6) is 0 Å². The Morgan fingerprint density at radius 1 is 1.21 bits per heavy atom. The van der Waals surface area contributed by atoms with Gasteiger partial charge in [-0.2, -0.15) is 4.31 Å². The molecule has 0 aromatic heterocycles. The van der Waals surface area contributed by atoms with E-state index in [1.165, 1.54) is 0 Å². The van der Waals surface area contributed by atoms with E-state index in [0.717, 1.165) is 10.7 Å². The molecule has 0 aromatic rings. The highest BCUT2D eigenvalue weighted by Gasteiger charge is 2.24. The molecule has 0 spiro atoms. The molecule has 0 atom stereocenters. The van der Waals surface area contributed by atoms with E-state index in [1.54, 1.807) is 6.92 Å².